The molecule has 0 aromatic heterocycles. The van der Waals surface area contributed by atoms with Gasteiger partial charge in [-0.1, -0.05) is 37.3 Å². The highest BCUT2D eigenvalue weighted by atomic mass is 16.5. The Morgan fingerprint density at radius 1 is 0.909 bits per heavy atom. The molecule has 0 spiro atoms. The van der Waals surface area contributed by atoms with Gasteiger partial charge in [-0.2, -0.15) is 0 Å². The molecule has 3 nitrogen and oxygen atoms in total. The third-order valence-electron chi connectivity index (χ3n) is 3.95. The molecule has 0 bridgehead atoms. The minimum absolute atomic E-state index is 0.305. The summed E-state index contributed by atoms with van der Waals surface area (Å²) in [6.07, 6.45) is 1.08. The molecule has 1 atom stereocenters. The van der Waals surface area contributed by atoms with Gasteiger partial charge in [0.2, 0.25) is 0 Å². The number of rotatable bonds is 7. The van der Waals surface area contributed by atoms with Crippen molar-refractivity contribution in [3.63, 3.8) is 0 Å². The van der Waals surface area contributed by atoms with E-state index in [4.69, 9.17) is 9.47 Å². The Hall–Kier alpha value is -2.00. The summed E-state index contributed by atoms with van der Waals surface area (Å²) in [6.45, 7) is 5.15. The molecule has 2 aromatic rings. The molecule has 0 aliphatic heterocycles. The highest BCUT2D eigenvalue weighted by Crippen LogP contribution is 2.27. The maximum atomic E-state index is 5.34. The van der Waals surface area contributed by atoms with Crippen LogP contribution in [-0.2, 0) is 13.0 Å². The maximum Gasteiger partial charge on any atom is 0.161 e. The lowest BCUT2D eigenvalue weighted by Crippen LogP contribution is -2.18. The lowest BCUT2D eigenvalue weighted by atomic mass is 10.0. The third-order valence-corrected chi connectivity index (χ3v) is 3.95. The van der Waals surface area contributed by atoms with Crippen molar-refractivity contribution in [2.24, 2.45) is 0 Å². The van der Waals surface area contributed by atoms with Crippen molar-refractivity contribution in [2.45, 2.75) is 32.9 Å². The number of ether oxygens (including phenoxy) is 2. The molecule has 3 heteroatoms. The van der Waals surface area contributed by atoms with E-state index in [1.54, 1.807) is 14.2 Å². The van der Waals surface area contributed by atoms with Crippen molar-refractivity contribution in [3.05, 3.63) is 59.2 Å². The van der Waals surface area contributed by atoms with Gasteiger partial charge in [0.25, 0.3) is 0 Å². The summed E-state index contributed by atoms with van der Waals surface area (Å²) in [6, 6.07) is 15.1. The first kappa shape index (κ1) is 16.4. The van der Waals surface area contributed by atoms with Crippen molar-refractivity contribution >= 4 is 0 Å². The molecular weight excluding hydrogens is 274 g/mol. The molecule has 22 heavy (non-hydrogen) atoms. The number of aryl methyl sites for hydroxylation is 1. The molecule has 0 aliphatic carbocycles. The van der Waals surface area contributed by atoms with Crippen LogP contribution in [0.4, 0.5) is 0 Å². The molecule has 0 heterocycles. The molecule has 1 N–H and O–H groups in total. The van der Waals surface area contributed by atoms with E-state index in [1.165, 1.54) is 16.7 Å². The zero-order valence-corrected chi connectivity index (χ0v) is 13.8. The average Bonchev–Trinajstić information content (AvgIpc) is 2.59. The highest BCUT2D eigenvalue weighted by molar-refractivity contribution is 5.42. The molecule has 0 amide bonds. The van der Waals surface area contributed by atoms with Crippen LogP contribution in [0.2, 0.25) is 0 Å². The molecule has 0 fully saturated rings. The second-order valence-corrected chi connectivity index (χ2v) is 5.39. The number of benzene rings is 2. The summed E-state index contributed by atoms with van der Waals surface area (Å²) in [5.41, 5.74) is 3.85. The Kier molecular flexibility index (Phi) is 5.84. The van der Waals surface area contributed by atoms with Gasteiger partial charge in [0, 0.05) is 12.6 Å². The fourth-order valence-electron chi connectivity index (χ4n) is 2.42. The normalized spacial score (nSPS) is 12.0. The number of methoxy groups -OCH3 is 2. The third kappa shape index (κ3) is 4.01. The topological polar surface area (TPSA) is 30.5 Å². The first-order chi connectivity index (χ1) is 10.7. The standard InChI is InChI=1S/C19H25NO2/c1-5-15-6-9-17(10-7-15)14(2)20-13-16-8-11-18(21-3)19(12-16)22-4/h6-12,14,20H,5,13H2,1-4H3. The smallest absolute Gasteiger partial charge is 0.161 e. The Bertz CT molecular complexity index is 593. The van der Waals surface area contributed by atoms with E-state index < -0.39 is 0 Å². The number of hydrogen-bond acceptors (Lipinski definition) is 3. The Labute approximate surface area is 133 Å². The van der Waals surface area contributed by atoms with Crippen molar-refractivity contribution < 1.29 is 9.47 Å². The van der Waals surface area contributed by atoms with E-state index in [1.807, 2.05) is 12.1 Å². The molecule has 0 saturated heterocycles. The Balaban J connectivity index is 1.99. The maximum absolute atomic E-state index is 5.34. The van der Waals surface area contributed by atoms with Crippen LogP contribution in [-0.4, -0.2) is 14.2 Å². The van der Waals surface area contributed by atoms with Crippen LogP contribution in [0.1, 0.15) is 36.6 Å². The molecule has 118 valence electrons. The van der Waals surface area contributed by atoms with Crippen LogP contribution in [0.5, 0.6) is 11.5 Å². The minimum Gasteiger partial charge on any atom is -0.493 e. The minimum atomic E-state index is 0.305. The quantitative estimate of drug-likeness (QED) is 0.834. The predicted molar refractivity (Wildman–Crippen MR) is 90.6 cm³/mol. The Morgan fingerprint density at radius 2 is 1.55 bits per heavy atom. The van der Waals surface area contributed by atoms with Gasteiger partial charge in [-0.25, -0.2) is 0 Å². The van der Waals surface area contributed by atoms with Crippen LogP contribution in [0, 0.1) is 0 Å². The van der Waals surface area contributed by atoms with Gasteiger partial charge in [-0.3, -0.25) is 0 Å². The first-order valence-electron chi connectivity index (χ1n) is 7.71. The molecule has 0 radical (unpaired) electrons. The number of hydrogen-bond donors (Lipinski definition) is 1. The van der Waals surface area contributed by atoms with E-state index in [2.05, 4.69) is 49.5 Å². The monoisotopic (exact) mass is 299 g/mol. The van der Waals surface area contributed by atoms with Gasteiger partial charge < -0.3 is 14.8 Å². The van der Waals surface area contributed by atoms with E-state index in [-0.39, 0.29) is 0 Å². The summed E-state index contributed by atoms with van der Waals surface area (Å²) in [7, 11) is 3.31. The number of nitrogens with one attached hydrogen (secondary N) is 1. The largest absolute Gasteiger partial charge is 0.493 e. The summed E-state index contributed by atoms with van der Waals surface area (Å²) in [4.78, 5) is 0. The molecule has 0 saturated carbocycles. The van der Waals surface area contributed by atoms with Crippen LogP contribution in [0.3, 0.4) is 0 Å². The fraction of sp³-hybridized carbons (Fsp3) is 0.368. The van der Waals surface area contributed by atoms with E-state index in [0.29, 0.717) is 6.04 Å². The van der Waals surface area contributed by atoms with Crippen LogP contribution in [0.15, 0.2) is 42.5 Å². The second kappa shape index (κ2) is 7.85. The van der Waals surface area contributed by atoms with Crippen molar-refractivity contribution in [3.8, 4) is 11.5 Å². The van der Waals surface area contributed by atoms with Crippen LogP contribution >= 0.6 is 0 Å². The SMILES string of the molecule is CCc1ccc(C(C)NCc2ccc(OC)c(OC)c2)cc1. The molecular formula is C19H25NO2. The van der Waals surface area contributed by atoms with E-state index >= 15 is 0 Å². The summed E-state index contributed by atoms with van der Waals surface area (Å²) >= 11 is 0. The summed E-state index contributed by atoms with van der Waals surface area (Å²) < 4.78 is 10.6. The molecule has 2 aromatic carbocycles. The van der Waals surface area contributed by atoms with Gasteiger partial charge in [0.05, 0.1) is 14.2 Å². The Morgan fingerprint density at radius 3 is 2.14 bits per heavy atom. The molecule has 1 unspecified atom stereocenters. The van der Waals surface area contributed by atoms with Gasteiger partial charge in [-0.05, 0) is 42.2 Å². The lowest BCUT2D eigenvalue weighted by Gasteiger charge is -2.16. The van der Waals surface area contributed by atoms with E-state index in [9.17, 15) is 0 Å². The van der Waals surface area contributed by atoms with Crippen molar-refractivity contribution in [1.82, 2.24) is 5.32 Å². The lowest BCUT2D eigenvalue weighted by molar-refractivity contribution is 0.354. The van der Waals surface area contributed by atoms with Gasteiger partial charge >= 0.3 is 0 Å². The first-order valence-corrected chi connectivity index (χ1v) is 7.71. The van der Waals surface area contributed by atoms with E-state index in [0.717, 1.165) is 24.5 Å². The summed E-state index contributed by atoms with van der Waals surface area (Å²) in [5.74, 6) is 1.52. The van der Waals surface area contributed by atoms with Crippen molar-refractivity contribution in [1.29, 1.82) is 0 Å². The zero-order chi connectivity index (χ0) is 15.9. The highest BCUT2D eigenvalue weighted by Gasteiger charge is 2.07. The van der Waals surface area contributed by atoms with Gasteiger partial charge in [0.1, 0.15) is 0 Å². The molecule has 2 rings (SSSR count). The summed E-state index contributed by atoms with van der Waals surface area (Å²) in [5, 5.41) is 3.55. The zero-order valence-electron chi connectivity index (χ0n) is 13.8. The van der Waals surface area contributed by atoms with Crippen LogP contribution < -0.4 is 14.8 Å². The van der Waals surface area contributed by atoms with Gasteiger partial charge in [0.15, 0.2) is 11.5 Å². The van der Waals surface area contributed by atoms with Crippen LogP contribution in [0.25, 0.3) is 0 Å². The van der Waals surface area contributed by atoms with Crippen molar-refractivity contribution in [2.75, 3.05) is 14.2 Å². The van der Waals surface area contributed by atoms with Gasteiger partial charge in [-0.15, -0.1) is 0 Å². The fourth-order valence-corrected chi connectivity index (χ4v) is 2.42. The predicted octanol–water partition coefficient (Wildman–Crippen LogP) is 4.12. The molecule has 0 aliphatic rings. The second-order valence-electron chi connectivity index (χ2n) is 5.39. The average molecular weight is 299 g/mol.